The van der Waals surface area contributed by atoms with Gasteiger partial charge in [0.1, 0.15) is 11.2 Å². The molecule has 0 N–H and O–H groups in total. The lowest BCUT2D eigenvalue weighted by Crippen LogP contribution is -2.10. The van der Waals surface area contributed by atoms with Crippen molar-refractivity contribution in [1.82, 2.24) is 48.2 Å². The van der Waals surface area contributed by atoms with Gasteiger partial charge >= 0.3 is 0 Å². The van der Waals surface area contributed by atoms with Crippen LogP contribution >= 0.6 is 11.3 Å². The second kappa shape index (κ2) is 21.9. The molecule has 0 radical (unpaired) electrons. The molecule has 0 spiro atoms. The lowest BCUT2D eigenvalue weighted by atomic mass is 9.97. The smallest absolute Gasteiger partial charge is 0.240 e. The molecule has 0 aliphatic heterocycles. The average Bonchev–Trinajstić information content (AvgIpc) is 1.41. The Morgan fingerprint density at radius 1 is 0.216 bits per heavy atom. The van der Waals surface area contributed by atoms with Crippen LogP contribution in [-0.2, 0) is 0 Å². The van der Waals surface area contributed by atoms with Crippen molar-refractivity contribution in [2.75, 3.05) is 0 Å². The van der Waals surface area contributed by atoms with Crippen molar-refractivity contribution in [1.29, 1.82) is 0 Å². The number of hydrogen-bond donors (Lipinski definition) is 0. The number of furan rings is 1. The normalized spacial score (nSPS) is 12.1. The van der Waals surface area contributed by atoms with Gasteiger partial charge < -0.3 is 4.42 Å². The summed E-state index contributed by atoms with van der Waals surface area (Å²) in [5.41, 5.74) is 18.0. The van der Waals surface area contributed by atoms with E-state index in [0.29, 0.717) is 35.4 Å². The lowest BCUT2D eigenvalue weighted by molar-refractivity contribution is 0.669. The molecule has 0 saturated carbocycles. The van der Waals surface area contributed by atoms with Crippen LogP contribution < -0.4 is 0 Å². The molecule has 102 heavy (non-hydrogen) atoms. The summed E-state index contributed by atoms with van der Waals surface area (Å²) in [5, 5.41) is 13.5. The Morgan fingerprint density at radius 3 is 1.11 bits per heavy atom. The standard InChI is InChI=1S/C90H52N10OS/c1-9-35-71-61(25-1)62-26-2-10-36-72(62)97(71)87-91-85(92-88(95-87)98-73-37-11-3-27-63(73)64-28-4-12-38-74(64)98)57-23-17-21-53(49-57)54-46-48-81-70(51-54)67-47-45-56(52-82(67)102-81)59-33-19-42-78-83(59)68-31-7-15-41-77(68)100(78)90-94-86(93-89(96-90)99-75-39-13-5-29-65(75)66-30-6-14-40-76(66)99)58-24-18-22-55(50-58)60-34-20-44-80-84(60)69-32-8-16-43-79(69)101-80/h1-52H. The van der Waals surface area contributed by atoms with Gasteiger partial charge in [-0.3, -0.25) is 18.3 Å². The zero-order chi connectivity index (χ0) is 66.7. The number of nitrogens with zero attached hydrogens (tertiary/aromatic N) is 10. The largest absolute Gasteiger partial charge is 0.456 e. The fourth-order valence-corrected chi connectivity index (χ4v) is 17.2. The maximum atomic E-state index is 6.39. The van der Waals surface area contributed by atoms with Gasteiger partial charge in [-0.25, -0.2) is 0 Å². The first-order valence-corrected chi connectivity index (χ1v) is 35.0. The number of rotatable bonds is 9. The van der Waals surface area contributed by atoms with E-state index in [0.717, 1.165) is 154 Å². The molecule has 12 heteroatoms. The summed E-state index contributed by atoms with van der Waals surface area (Å²) in [4.78, 5) is 32.8. The van der Waals surface area contributed by atoms with Gasteiger partial charge in [0.15, 0.2) is 11.6 Å². The first kappa shape index (κ1) is 56.3. The van der Waals surface area contributed by atoms with E-state index in [4.69, 9.17) is 34.3 Å². The number of aromatic nitrogens is 10. The third-order valence-corrected chi connectivity index (χ3v) is 21.7. The highest BCUT2D eigenvalue weighted by Gasteiger charge is 2.26. The molecule has 22 rings (SSSR count). The van der Waals surface area contributed by atoms with Crippen molar-refractivity contribution < 1.29 is 4.42 Å². The Labute approximate surface area is 585 Å². The lowest BCUT2D eigenvalue weighted by Gasteiger charge is -2.13. The van der Waals surface area contributed by atoms with Gasteiger partial charge in [0, 0.05) is 85.2 Å². The summed E-state index contributed by atoms with van der Waals surface area (Å²) in [6.07, 6.45) is 0. The van der Waals surface area contributed by atoms with Gasteiger partial charge in [-0.15, -0.1) is 11.3 Å². The van der Waals surface area contributed by atoms with Crippen LogP contribution in [0.5, 0.6) is 0 Å². The molecule has 8 heterocycles. The van der Waals surface area contributed by atoms with Crippen molar-refractivity contribution >= 4 is 141 Å². The molecular formula is C90H52N10OS. The molecule has 0 atom stereocenters. The first-order chi connectivity index (χ1) is 50.6. The molecule has 11 nitrogen and oxygen atoms in total. The van der Waals surface area contributed by atoms with E-state index in [-0.39, 0.29) is 0 Å². The molecule has 0 bridgehead atoms. The van der Waals surface area contributed by atoms with Crippen molar-refractivity contribution in [3.8, 4) is 79.9 Å². The van der Waals surface area contributed by atoms with Crippen molar-refractivity contribution in [2.45, 2.75) is 0 Å². The second-order valence-corrected chi connectivity index (χ2v) is 27.2. The number of hydrogen-bond acceptors (Lipinski definition) is 8. The topological polar surface area (TPSA) is 110 Å². The minimum atomic E-state index is 0.511. The zero-order valence-corrected chi connectivity index (χ0v) is 55.1. The minimum absolute atomic E-state index is 0.511. The maximum absolute atomic E-state index is 6.39. The monoisotopic (exact) mass is 1320 g/mol. The Kier molecular flexibility index (Phi) is 12.1. The van der Waals surface area contributed by atoms with E-state index >= 15 is 0 Å². The third-order valence-electron chi connectivity index (χ3n) is 20.5. The van der Waals surface area contributed by atoms with Crippen molar-refractivity contribution in [3.63, 3.8) is 0 Å². The van der Waals surface area contributed by atoms with Gasteiger partial charge in [0.2, 0.25) is 23.8 Å². The summed E-state index contributed by atoms with van der Waals surface area (Å²) in [6.45, 7) is 0. The van der Waals surface area contributed by atoms with E-state index in [1.165, 1.54) is 20.2 Å². The molecule has 22 aromatic rings. The summed E-state index contributed by atoms with van der Waals surface area (Å²) in [6, 6.07) is 112. The number of fused-ring (bicyclic) bond motifs is 18. The summed E-state index contributed by atoms with van der Waals surface area (Å²) in [5.74, 6) is 3.24. The average molecular weight is 1320 g/mol. The number of thiophene rings is 1. The number of benzene rings is 14. The van der Waals surface area contributed by atoms with E-state index in [2.05, 4.69) is 316 Å². The first-order valence-electron chi connectivity index (χ1n) is 34.2. The predicted octanol–water partition coefficient (Wildman–Crippen LogP) is 23.0. The van der Waals surface area contributed by atoms with E-state index in [9.17, 15) is 0 Å². The molecule has 0 saturated heterocycles. The molecule has 0 aliphatic rings. The molecule has 474 valence electrons. The van der Waals surface area contributed by atoms with E-state index in [1.807, 2.05) is 29.5 Å². The fraction of sp³-hybridized carbons (Fsp3) is 0. The van der Waals surface area contributed by atoms with Crippen molar-refractivity contribution in [2.24, 2.45) is 0 Å². The van der Waals surface area contributed by atoms with Crippen LogP contribution in [0.1, 0.15) is 0 Å². The van der Waals surface area contributed by atoms with Gasteiger partial charge in [-0.1, -0.05) is 224 Å². The minimum Gasteiger partial charge on any atom is -0.456 e. The van der Waals surface area contributed by atoms with E-state index < -0.39 is 0 Å². The maximum Gasteiger partial charge on any atom is 0.240 e. The Bertz CT molecular complexity index is 7020. The summed E-state index contributed by atoms with van der Waals surface area (Å²) >= 11 is 1.82. The zero-order valence-electron chi connectivity index (χ0n) is 54.3. The van der Waals surface area contributed by atoms with Crippen LogP contribution in [0.25, 0.3) is 209 Å². The highest BCUT2D eigenvalue weighted by atomic mass is 32.1. The second-order valence-electron chi connectivity index (χ2n) is 26.1. The van der Waals surface area contributed by atoms with Crippen LogP contribution in [0, 0.1) is 0 Å². The van der Waals surface area contributed by atoms with Crippen LogP contribution in [0.4, 0.5) is 0 Å². The van der Waals surface area contributed by atoms with Crippen LogP contribution in [-0.4, -0.2) is 48.2 Å². The Balaban J connectivity index is 0.669. The predicted molar refractivity (Wildman–Crippen MR) is 418 cm³/mol. The molecule has 8 aromatic heterocycles. The van der Waals surface area contributed by atoms with Gasteiger partial charge in [-0.05, 0) is 124 Å². The quantitative estimate of drug-likeness (QED) is 0.142. The van der Waals surface area contributed by atoms with Crippen LogP contribution in [0.3, 0.4) is 0 Å². The number of para-hydroxylation sites is 8. The third kappa shape index (κ3) is 8.47. The van der Waals surface area contributed by atoms with Crippen LogP contribution in [0.15, 0.2) is 320 Å². The van der Waals surface area contributed by atoms with Gasteiger partial charge in [0.05, 0.1) is 44.1 Å². The van der Waals surface area contributed by atoms with Crippen molar-refractivity contribution in [3.05, 3.63) is 315 Å². The van der Waals surface area contributed by atoms with E-state index in [1.54, 1.807) is 0 Å². The molecule has 14 aromatic carbocycles. The highest BCUT2D eigenvalue weighted by molar-refractivity contribution is 7.25. The summed E-state index contributed by atoms with van der Waals surface area (Å²) in [7, 11) is 0. The molecule has 0 amide bonds. The molecular weight excluding hydrogens is 1270 g/mol. The molecule has 0 aliphatic carbocycles. The summed E-state index contributed by atoms with van der Waals surface area (Å²) < 4.78 is 17.6. The van der Waals surface area contributed by atoms with Gasteiger partial charge in [-0.2, -0.15) is 29.9 Å². The SMILES string of the molecule is c1cc(-c2ccc3sc4cc(-c5cccc6c5c5ccccc5n6-c5nc(-c6cccc(-c7cccc8oc9ccccc9c78)c6)nc(-n6c7ccccc7c7ccccc76)n5)ccc4c3c2)cc(-c2nc(-n3c4ccccc4c4ccccc43)nc(-n3c4ccccc4c4ccccc43)n2)c1. The Hall–Kier alpha value is -13.7. The Morgan fingerprint density at radius 2 is 0.578 bits per heavy atom. The van der Waals surface area contributed by atoms with Gasteiger partial charge in [0.25, 0.3) is 0 Å². The molecule has 0 fully saturated rings. The fourth-order valence-electron chi connectivity index (χ4n) is 16.1. The van der Waals surface area contributed by atoms with Crippen LogP contribution in [0.2, 0.25) is 0 Å². The molecule has 0 unspecified atom stereocenters. The highest BCUT2D eigenvalue weighted by Crippen LogP contribution is 2.45.